The largest absolute Gasteiger partial charge is 0.451 e. The van der Waals surface area contributed by atoms with Gasteiger partial charge in [-0.05, 0) is 30.5 Å². The van der Waals surface area contributed by atoms with Crippen LogP contribution in [-0.2, 0) is 28.9 Å². The Morgan fingerprint density at radius 3 is 2.39 bits per heavy atom. The molecule has 3 N–H and O–H groups in total. The lowest BCUT2D eigenvalue weighted by molar-refractivity contribution is 0.0319. The molecule has 0 saturated heterocycles. The van der Waals surface area contributed by atoms with E-state index in [-0.39, 0.29) is 21.3 Å². The zero-order chi connectivity index (χ0) is 24.5. The molecule has 3 aromatic rings. The number of Topliss-reactive ketones (excluding diaryl/α,β-unsaturated/α-hetero) is 1. The Labute approximate surface area is 192 Å². The van der Waals surface area contributed by atoms with Crippen LogP contribution in [0.5, 0.6) is 0 Å². The fourth-order valence-electron chi connectivity index (χ4n) is 2.93. The molecule has 174 valence electrons. The molecule has 2 aromatic heterocycles. The van der Waals surface area contributed by atoms with Crippen molar-refractivity contribution in [3.05, 3.63) is 73.7 Å². The topological polar surface area (TPSA) is 160 Å². The van der Waals surface area contributed by atoms with Crippen molar-refractivity contribution >= 4 is 44.6 Å². The van der Waals surface area contributed by atoms with E-state index in [0.29, 0.717) is 4.57 Å². The molecule has 2 heterocycles. The van der Waals surface area contributed by atoms with Gasteiger partial charge in [-0.3, -0.25) is 23.4 Å². The summed E-state index contributed by atoms with van der Waals surface area (Å²) in [4.78, 5) is 50.0. The Kier molecular flexibility index (Phi) is 6.56. The highest BCUT2D eigenvalue weighted by Crippen LogP contribution is 2.24. The molecule has 0 saturated carbocycles. The van der Waals surface area contributed by atoms with Crippen molar-refractivity contribution in [2.24, 2.45) is 14.1 Å². The van der Waals surface area contributed by atoms with Crippen molar-refractivity contribution in [1.82, 2.24) is 9.13 Å². The van der Waals surface area contributed by atoms with Gasteiger partial charge < -0.3 is 10.5 Å². The van der Waals surface area contributed by atoms with E-state index in [4.69, 9.17) is 10.5 Å². The van der Waals surface area contributed by atoms with E-state index >= 15 is 0 Å². The van der Waals surface area contributed by atoms with Gasteiger partial charge in [0.1, 0.15) is 15.6 Å². The van der Waals surface area contributed by atoms with Crippen molar-refractivity contribution in [3.8, 4) is 0 Å². The summed E-state index contributed by atoms with van der Waals surface area (Å²) in [5, 5.41) is 1.59. The second-order valence-electron chi connectivity index (χ2n) is 6.96. The first kappa shape index (κ1) is 23.9. The second-order valence-corrected chi connectivity index (χ2v) is 9.82. The average molecular weight is 493 g/mol. The number of rotatable bonds is 7. The van der Waals surface area contributed by atoms with Gasteiger partial charge in [0.15, 0.2) is 6.10 Å². The molecule has 11 nitrogen and oxygen atoms in total. The third-order valence-corrected chi connectivity index (χ3v) is 7.52. The quantitative estimate of drug-likeness (QED) is 0.364. The Bertz CT molecular complexity index is 1450. The molecule has 0 unspecified atom stereocenters. The molecule has 1 atom stereocenters. The molecule has 0 amide bonds. The highest BCUT2D eigenvalue weighted by atomic mass is 32.2. The number of benzene rings is 1. The van der Waals surface area contributed by atoms with Crippen molar-refractivity contribution in [3.63, 3.8) is 0 Å². The lowest BCUT2D eigenvalue weighted by Gasteiger charge is -2.16. The Morgan fingerprint density at radius 1 is 1.09 bits per heavy atom. The summed E-state index contributed by atoms with van der Waals surface area (Å²) in [6.45, 7) is 1.24. The van der Waals surface area contributed by atoms with E-state index in [2.05, 4.69) is 4.72 Å². The van der Waals surface area contributed by atoms with Gasteiger partial charge in [-0.15, -0.1) is 11.3 Å². The Hall–Kier alpha value is -3.71. The molecular formula is C20H20N4O7S2. The summed E-state index contributed by atoms with van der Waals surface area (Å²) in [6.07, 6.45) is -1.45. The first-order chi connectivity index (χ1) is 15.5. The number of hydrogen-bond acceptors (Lipinski definition) is 9. The standard InChI is InChI=1S/C20H20N4O7S2/c1-11(16(25)15-17(21)23(2)20(28)24(3)18(15)26)31-19(27)12-7-4-5-8-13(12)22-33(29,30)14-9-6-10-32-14/h4-11,22H,21H2,1-3H3/t11-/m1/s1. The van der Waals surface area contributed by atoms with Gasteiger partial charge in [0.05, 0.1) is 11.3 Å². The third kappa shape index (κ3) is 4.59. The van der Waals surface area contributed by atoms with Gasteiger partial charge >= 0.3 is 11.7 Å². The number of aromatic nitrogens is 2. The zero-order valence-electron chi connectivity index (χ0n) is 17.8. The van der Waals surface area contributed by atoms with Gasteiger partial charge in [0, 0.05) is 14.1 Å². The summed E-state index contributed by atoms with van der Waals surface area (Å²) in [6, 6.07) is 8.69. The van der Waals surface area contributed by atoms with E-state index < -0.39 is 44.7 Å². The molecule has 0 fully saturated rings. The monoisotopic (exact) mass is 492 g/mol. The number of carbonyl (C=O) groups excluding carboxylic acids is 2. The van der Waals surface area contributed by atoms with Crippen LogP contribution < -0.4 is 21.7 Å². The van der Waals surface area contributed by atoms with Gasteiger partial charge in [0.25, 0.3) is 15.6 Å². The van der Waals surface area contributed by atoms with Gasteiger partial charge in [0.2, 0.25) is 5.78 Å². The van der Waals surface area contributed by atoms with Crippen LogP contribution in [0.25, 0.3) is 0 Å². The van der Waals surface area contributed by atoms with Crippen molar-refractivity contribution < 1.29 is 22.7 Å². The van der Waals surface area contributed by atoms with Gasteiger partial charge in [-0.25, -0.2) is 18.0 Å². The second kappa shape index (κ2) is 9.03. The van der Waals surface area contributed by atoms with Crippen LogP contribution in [0.2, 0.25) is 0 Å². The maximum Gasteiger partial charge on any atom is 0.340 e. The molecule has 0 spiro atoms. The SMILES string of the molecule is C[C@@H](OC(=O)c1ccccc1NS(=O)(=O)c1cccs1)C(=O)c1c(N)n(C)c(=O)n(C)c1=O. The number of nitrogens with two attached hydrogens (primary N) is 1. The van der Waals surface area contributed by atoms with E-state index in [1.54, 1.807) is 11.4 Å². The molecule has 3 rings (SSSR count). The molecular weight excluding hydrogens is 472 g/mol. The zero-order valence-corrected chi connectivity index (χ0v) is 19.4. The fourth-order valence-corrected chi connectivity index (χ4v) is 5.01. The van der Waals surface area contributed by atoms with E-state index in [0.717, 1.165) is 15.9 Å². The third-order valence-electron chi connectivity index (χ3n) is 4.76. The van der Waals surface area contributed by atoms with Gasteiger partial charge in [-0.2, -0.15) is 0 Å². The van der Waals surface area contributed by atoms with Crippen LogP contribution in [0.1, 0.15) is 27.6 Å². The smallest absolute Gasteiger partial charge is 0.340 e. The summed E-state index contributed by atoms with van der Waals surface area (Å²) in [7, 11) is -1.46. The predicted molar refractivity (Wildman–Crippen MR) is 122 cm³/mol. The maximum absolute atomic E-state index is 12.8. The molecule has 0 aliphatic heterocycles. The first-order valence-electron chi connectivity index (χ1n) is 9.41. The summed E-state index contributed by atoms with van der Waals surface area (Å²) < 4.78 is 34.3. The summed E-state index contributed by atoms with van der Waals surface area (Å²) >= 11 is 1.00. The van der Waals surface area contributed by atoms with Crippen LogP contribution in [-0.4, -0.2) is 35.4 Å². The minimum Gasteiger partial charge on any atom is -0.451 e. The number of para-hydroxylation sites is 1. The van der Waals surface area contributed by atoms with Crippen molar-refractivity contribution in [2.75, 3.05) is 10.5 Å². The van der Waals surface area contributed by atoms with E-state index in [1.165, 1.54) is 51.4 Å². The van der Waals surface area contributed by atoms with Crippen LogP contribution >= 0.6 is 11.3 Å². The van der Waals surface area contributed by atoms with Crippen LogP contribution in [0.15, 0.2) is 55.6 Å². The molecule has 0 aliphatic rings. The average Bonchev–Trinajstić information content (AvgIpc) is 3.32. The molecule has 1 aromatic carbocycles. The summed E-state index contributed by atoms with van der Waals surface area (Å²) in [5.74, 6) is -2.27. The van der Waals surface area contributed by atoms with E-state index in [9.17, 15) is 27.6 Å². The Balaban J connectivity index is 1.88. The number of anilines is 2. The number of nitrogens with zero attached hydrogens (tertiary/aromatic N) is 2. The number of thiophene rings is 1. The van der Waals surface area contributed by atoms with Crippen molar-refractivity contribution in [2.45, 2.75) is 17.2 Å². The van der Waals surface area contributed by atoms with Gasteiger partial charge in [-0.1, -0.05) is 18.2 Å². The number of sulfonamides is 1. The predicted octanol–water partition coefficient (Wildman–Crippen LogP) is 0.957. The summed E-state index contributed by atoms with van der Waals surface area (Å²) in [5.41, 5.74) is 3.46. The molecule has 13 heteroatoms. The number of nitrogens with one attached hydrogen (secondary N) is 1. The fraction of sp³-hybridized carbons (Fsp3) is 0.200. The minimum absolute atomic E-state index is 0.0481. The first-order valence-corrected chi connectivity index (χ1v) is 11.8. The van der Waals surface area contributed by atoms with Crippen molar-refractivity contribution in [1.29, 1.82) is 0 Å². The molecule has 33 heavy (non-hydrogen) atoms. The number of hydrogen-bond donors (Lipinski definition) is 2. The lowest BCUT2D eigenvalue weighted by atomic mass is 10.1. The molecule has 0 radical (unpaired) electrons. The minimum atomic E-state index is -3.94. The van der Waals surface area contributed by atoms with Crippen LogP contribution in [0.3, 0.4) is 0 Å². The molecule has 0 bridgehead atoms. The highest BCUT2D eigenvalue weighted by molar-refractivity contribution is 7.94. The number of ether oxygens (including phenoxy) is 1. The number of esters is 1. The highest BCUT2D eigenvalue weighted by Gasteiger charge is 2.28. The lowest BCUT2D eigenvalue weighted by Crippen LogP contribution is -2.43. The maximum atomic E-state index is 12.8. The Morgan fingerprint density at radius 2 is 1.76 bits per heavy atom. The number of carbonyl (C=O) groups is 2. The number of nitrogen functional groups attached to an aromatic ring is 1. The van der Waals surface area contributed by atoms with Crippen LogP contribution in [0, 0.1) is 0 Å². The number of ketones is 1. The normalized spacial score (nSPS) is 12.2. The molecule has 0 aliphatic carbocycles. The van der Waals surface area contributed by atoms with Crippen LogP contribution in [0.4, 0.5) is 11.5 Å². The van der Waals surface area contributed by atoms with E-state index in [1.807, 2.05) is 0 Å².